The topological polar surface area (TPSA) is 44.9 Å². The third-order valence-corrected chi connectivity index (χ3v) is 2.64. The van der Waals surface area contributed by atoms with Gasteiger partial charge in [0, 0.05) is 17.9 Å². The molecule has 0 unspecified atom stereocenters. The first kappa shape index (κ1) is 8.35. The molecular formula is C10H14N2O. The monoisotopic (exact) mass is 178 g/mol. The number of H-pyrrole nitrogens is 1. The van der Waals surface area contributed by atoms with E-state index in [0.29, 0.717) is 6.04 Å². The average Bonchev–Trinajstić information content (AvgIpc) is 2.43. The predicted octanol–water partition coefficient (Wildman–Crippen LogP) is 1.61. The van der Waals surface area contributed by atoms with Crippen molar-refractivity contribution in [3.8, 4) is 0 Å². The Morgan fingerprint density at radius 3 is 2.85 bits per heavy atom. The highest BCUT2D eigenvalue weighted by Crippen LogP contribution is 2.18. The fourth-order valence-electron chi connectivity index (χ4n) is 1.51. The molecule has 2 rings (SSSR count). The molecule has 1 aromatic rings. The first-order chi connectivity index (χ1) is 6.27. The van der Waals surface area contributed by atoms with Crippen LogP contribution in [-0.4, -0.2) is 16.9 Å². The molecule has 13 heavy (non-hydrogen) atoms. The van der Waals surface area contributed by atoms with Crippen LogP contribution < -0.4 is 5.32 Å². The van der Waals surface area contributed by atoms with Crippen LogP contribution in [0, 0.1) is 6.92 Å². The number of nitrogens with one attached hydrogen (secondary N) is 2. The van der Waals surface area contributed by atoms with Crippen LogP contribution in [0.2, 0.25) is 0 Å². The molecule has 2 N–H and O–H groups in total. The number of aromatic nitrogens is 1. The van der Waals surface area contributed by atoms with E-state index in [0.717, 1.165) is 24.1 Å². The Morgan fingerprint density at radius 2 is 2.38 bits per heavy atom. The fraction of sp³-hybridized carbons (Fsp3) is 0.500. The Bertz CT molecular complexity index is 312. The fourth-order valence-corrected chi connectivity index (χ4v) is 1.51. The molecular weight excluding hydrogens is 164 g/mol. The standard InChI is InChI=1S/C10H14N2O/c1-7-9(5-6-11-7)10(13)12-8-3-2-4-8/h5-6,8,11H,2-4H2,1H3,(H,12,13). The van der Waals surface area contributed by atoms with Crippen molar-refractivity contribution in [3.63, 3.8) is 0 Å². The van der Waals surface area contributed by atoms with Crippen LogP contribution in [0.1, 0.15) is 35.3 Å². The third kappa shape index (κ3) is 1.59. The Labute approximate surface area is 77.5 Å². The number of amides is 1. The molecule has 1 saturated carbocycles. The van der Waals surface area contributed by atoms with Crippen LogP contribution in [0.15, 0.2) is 12.3 Å². The number of hydrogen-bond donors (Lipinski definition) is 2. The van der Waals surface area contributed by atoms with E-state index >= 15 is 0 Å². The van der Waals surface area contributed by atoms with E-state index < -0.39 is 0 Å². The van der Waals surface area contributed by atoms with E-state index in [-0.39, 0.29) is 5.91 Å². The first-order valence-electron chi connectivity index (χ1n) is 4.72. The molecule has 1 fully saturated rings. The second kappa shape index (κ2) is 3.24. The van der Waals surface area contributed by atoms with E-state index in [1.165, 1.54) is 6.42 Å². The van der Waals surface area contributed by atoms with Gasteiger partial charge in [-0.3, -0.25) is 4.79 Å². The largest absolute Gasteiger partial charge is 0.365 e. The Morgan fingerprint density at radius 1 is 1.62 bits per heavy atom. The van der Waals surface area contributed by atoms with Crippen molar-refractivity contribution < 1.29 is 4.79 Å². The summed E-state index contributed by atoms with van der Waals surface area (Å²) in [5.41, 5.74) is 1.71. The van der Waals surface area contributed by atoms with E-state index in [1.54, 1.807) is 6.20 Å². The summed E-state index contributed by atoms with van der Waals surface area (Å²) in [6.45, 7) is 1.91. The molecule has 0 aliphatic heterocycles. The molecule has 1 aliphatic rings. The summed E-state index contributed by atoms with van der Waals surface area (Å²) in [6.07, 6.45) is 5.31. The lowest BCUT2D eigenvalue weighted by Gasteiger charge is -2.26. The quantitative estimate of drug-likeness (QED) is 0.710. The molecule has 0 atom stereocenters. The highest BCUT2D eigenvalue weighted by Gasteiger charge is 2.20. The minimum Gasteiger partial charge on any atom is -0.365 e. The number of carbonyl (C=O) groups is 1. The molecule has 0 aromatic carbocycles. The van der Waals surface area contributed by atoms with Gasteiger partial charge in [0.25, 0.3) is 5.91 Å². The summed E-state index contributed by atoms with van der Waals surface area (Å²) in [7, 11) is 0. The minimum atomic E-state index is 0.0588. The normalized spacial score (nSPS) is 16.7. The van der Waals surface area contributed by atoms with Crippen molar-refractivity contribution in [2.75, 3.05) is 0 Å². The molecule has 0 spiro atoms. The lowest BCUT2D eigenvalue weighted by atomic mass is 9.93. The van der Waals surface area contributed by atoms with Gasteiger partial charge in [0.1, 0.15) is 0 Å². The third-order valence-electron chi connectivity index (χ3n) is 2.64. The zero-order valence-corrected chi connectivity index (χ0v) is 7.76. The molecule has 3 nitrogen and oxygen atoms in total. The van der Waals surface area contributed by atoms with Crippen LogP contribution in [0.25, 0.3) is 0 Å². The summed E-state index contributed by atoms with van der Waals surface area (Å²) in [4.78, 5) is 14.6. The van der Waals surface area contributed by atoms with Gasteiger partial charge in [-0.25, -0.2) is 0 Å². The first-order valence-corrected chi connectivity index (χ1v) is 4.72. The van der Waals surface area contributed by atoms with Gasteiger partial charge < -0.3 is 10.3 Å². The molecule has 1 amide bonds. The van der Waals surface area contributed by atoms with Crippen LogP contribution in [-0.2, 0) is 0 Å². The minimum absolute atomic E-state index is 0.0588. The summed E-state index contributed by atoms with van der Waals surface area (Å²) in [5.74, 6) is 0.0588. The molecule has 1 heterocycles. The second-order valence-electron chi connectivity index (χ2n) is 3.62. The van der Waals surface area contributed by atoms with Gasteiger partial charge in [-0.1, -0.05) is 0 Å². The smallest absolute Gasteiger partial charge is 0.253 e. The van der Waals surface area contributed by atoms with Crippen molar-refractivity contribution in [2.24, 2.45) is 0 Å². The molecule has 1 aliphatic carbocycles. The zero-order chi connectivity index (χ0) is 9.26. The molecule has 70 valence electrons. The van der Waals surface area contributed by atoms with Crippen LogP contribution in [0.4, 0.5) is 0 Å². The van der Waals surface area contributed by atoms with Gasteiger partial charge in [-0.15, -0.1) is 0 Å². The van der Waals surface area contributed by atoms with Crippen molar-refractivity contribution in [1.82, 2.24) is 10.3 Å². The van der Waals surface area contributed by atoms with E-state index in [9.17, 15) is 4.79 Å². The number of rotatable bonds is 2. The maximum Gasteiger partial charge on any atom is 0.253 e. The van der Waals surface area contributed by atoms with Gasteiger partial charge in [0.05, 0.1) is 5.56 Å². The highest BCUT2D eigenvalue weighted by molar-refractivity contribution is 5.95. The van der Waals surface area contributed by atoms with Gasteiger partial charge >= 0.3 is 0 Å². The Hall–Kier alpha value is -1.25. The zero-order valence-electron chi connectivity index (χ0n) is 7.76. The predicted molar refractivity (Wildman–Crippen MR) is 50.6 cm³/mol. The van der Waals surface area contributed by atoms with Crippen LogP contribution in [0.5, 0.6) is 0 Å². The van der Waals surface area contributed by atoms with Crippen molar-refractivity contribution in [1.29, 1.82) is 0 Å². The lowest BCUT2D eigenvalue weighted by molar-refractivity contribution is 0.0916. The number of aryl methyl sites for hydroxylation is 1. The maximum absolute atomic E-state index is 11.6. The Kier molecular flexibility index (Phi) is 2.08. The van der Waals surface area contributed by atoms with Crippen molar-refractivity contribution >= 4 is 5.91 Å². The number of aromatic amines is 1. The SMILES string of the molecule is Cc1[nH]ccc1C(=O)NC1CCC1. The van der Waals surface area contributed by atoms with Gasteiger partial charge in [-0.2, -0.15) is 0 Å². The number of hydrogen-bond acceptors (Lipinski definition) is 1. The van der Waals surface area contributed by atoms with Crippen LogP contribution in [0.3, 0.4) is 0 Å². The summed E-state index contributed by atoms with van der Waals surface area (Å²) < 4.78 is 0. The van der Waals surface area contributed by atoms with Crippen molar-refractivity contribution in [3.05, 3.63) is 23.5 Å². The van der Waals surface area contributed by atoms with Gasteiger partial charge in [-0.05, 0) is 32.3 Å². The molecule has 0 radical (unpaired) electrons. The second-order valence-corrected chi connectivity index (χ2v) is 3.62. The van der Waals surface area contributed by atoms with Gasteiger partial charge in [0.2, 0.25) is 0 Å². The van der Waals surface area contributed by atoms with Crippen molar-refractivity contribution in [2.45, 2.75) is 32.2 Å². The van der Waals surface area contributed by atoms with E-state index in [1.807, 2.05) is 13.0 Å². The summed E-state index contributed by atoms with van der Waals surface area (Å²) in [5, 5.41) is 3.00. The molecule has 0 saturated heterocycles. The van der Waals surface area contributed by atoms with E-state index in [4.69, 9.17) is 0 Å². The summed E-state index contributed by atoms with van der Waals surface area (Å²) >= 11 is 0. The number of carbonyl (C=O) groups excluding carboxylic acids is 1. The maximum atomic E-state index is 11.6. The lowest BCUT2D eigenvalue weighted by Crippen LogP contribution is -2.39. The molecule has 0 bridgehead atoms. The summed E-state index contributed by atoms with van der Waals surface area (Å²) in [6, 6.07) is 2.24. The Balaban J connectivity index is 2.00. The van der Waals surface area contributed by atoms with Gasteiger partial charge in [0.15, 0.2) is 0 Å². The molecule has 1 aromatic heterocycles. The van der Waals surface area contributed by atoms with E-state index in [2.05, 4.69) is 10.3 Å². The highest BCUT2D eigenvalue weighted by atomic mass is 16.1. The van der Waals surface area contributed by atoms with Crippen LogP contribution >= 0.6 is 0 Å². The average molecular weight is 178 g/mol. The molecule has 3 heteroatoms.